The van der Waals surface area contributed by atoms with Gasteiger partial charge in [0.05, 0.1) is 8.10 Å². The van der Waals surface area contributed by atoms with E-state index in [1.54, 1.807) is 0 Å². The second-order valence-corrected chi connectivity index (χ2v) is 11.4. The Labute approximate surface area is 212 Å². The Morgan fingerprint density at radius 1 is 0.818 bits per heavy atom. The molecule has 8 heteroatoms. The summed E-state index contributed by atoms with van der Waals surface area (Å²) in [6.07, 6.45) is 7.20. The van der Waals surface area contributed by atoms with E-state index >= 15 is 0 Å². The van der Waals surface area contributed by atoms with Crippen molar-refractivity contribution in [1.82, 2.24) is 9.80 Å². The summed E-state index contributed by atoms with van der Waals surface area (Å²) >= 11 is 11.0. The van der Waals surface area contributed by atoms with Gasteiger partial charge in [0.25, 0.3) is 0 Å². The van der Waals surface area contributed by atoms with Gasteiger partial charge in [-0.15, -0.1) is 0 Å². The van der Waals surface area contributed by atoms with Gasteiger partial charge in [0, 0.05) is 52.6 Å². The molecule has 0 aromatic rings. The minimum Gasteiger partial charge on any atom is -0.598 e. The Hall–Kier alpha value is 4.01. The average molecular weight is 824 g/mol. The van der Waals surface area contributed by atoms with Crippen LogP contribution in [0.15, 0.2) is 0 Å². The molecule has 2 bridgehead atoms. The summed E-state index contributed by atoms with van der Waals surface area (Å²) < 4.78 is 2.81. The predicted molar refractivity (Wildman–Crippen MR) is 116 cm³/mol. The zero-order valence-corrected chi connectivity index (χ0v) is 23.4. The Kier molecular flexibility index (Phi) is 8.69. The Morgan fingerprint density at radius 3 is 1.86 bits per heavy atom. The SMILES string of the molecule is IC1C2[CH-]N([CH-]2)C(I)C12C(I)N(C1CCCCC1)C2I.[V].[V]. The third kappa shape index (κ3) is 3.10. The first kappa shape index (κ1) is 22.3. The number of rotatable bonds is 1. The van der Waals surface area contributed by atoms with Crippen LogP contribution in [0.3, 0.4) is 0 Å². The van der Waals surface area contributed by atoms with Crippen LogP contribution in [-0.2, 0) is 37.1 Å². The molecule has 22 heavy (non-hydrogen) atoms. The monoisotopic (exact) mass is 824 g/mol. The third-order valence-corrected chi connectivity index (χ3v) is 12.6. The molecule has 0 N–H and O–H groups in total. The van der Waals surface area contributed by atoms with Crippen LogP contribution in [0.4, 0.5) is 0 Å². The second kappa shape index (κ2) is 8.57. The summed E-state index contributed by atoms with van der Waals surface area (Å²) in [6, 6.07) is 0.853. The number of alkyl halides is 4. The van der Waals surface area contributed by atoms with Gasteiger partial charge in [-0.05, 0) is 16.8 Å². The molecule has 124 valence electrons. The van der Waals surface area contributed by atoms with Crippen molar-refractivity contribution >= 4 is 90.4 Å². The van der Waals surface area contributed by atoms with Crippen LogP contribution < -0.4 is 0 Å². The third-order valence-electron chi connectivity index (χ3n) is 5.52. The van der Waals surface area contributed by atoms with E-state index in [1.807, 2.05) is 0 Å². The largest absolute Gasteiger partial charge is 0.598 e. The van der Waals surface area contributed by atoms with Crippen molar-refractivity contribution in [2.24, 2.45) is 11.3 Å². The van der Waals surface area contributed by atoms with E-state index in [-0.39, 0.29) is 37.1 Å². The minimum atomic E-state index is 0. The Balaban J connectivity index is 0.000000882. The molecule has 1 spiro atoms. The Bertz CT molecular complexity index is 378. The molecule has 1 saturated carbocycles. The molecule has 0 aromatic carbocycles. The van der Waals surface area contributed by atoms with Crippen LogP contribution in [0, 0.1) is 24.4 Å². The molecule has 5 aliphatic rings. The van der Waals surface area contributed by atoms with Crippen molar-refractivity contribution in [3.8, 4) is 0 Å². The normalized spacial score (nSPS) is 51.3. The van der Waals surface area contributed by atoms with E-state index in [0.29, 0.717) is 23.5 Å². The summed E-state index contributed by atoms with van der Waals surface area (Å²) in [5, 5.41) is 0. The van der Waals surface area contributed by atoms with E-state index in [2.05, 4.69) is 113 Å². The smallest absolute Gasteiger partial charge is 0.0739 e. The molecular weight excluding hydrogens is 806 g/mol. The molecule has 0 amide bonds. The van der Waals surface area contributed by atoms with Gasteiger partial charge in [0.2, 0.25) is 0 Å². The zero-order chi connectivity index (χ0) is 14.1. The van der Waals surface area contributed by atoms with Gasteiger partial charge in [0.1, 0.15) is 0 Å². The van der Waals surface area contributed by atoms with Crippen LogP contribution in [0.2, 0.25) is 0 Å². The summed E-state index contributed by atoms with van der Waals surface area (Å²) in [5.74, 6) is 0.713. The standard InChI is InChI=1S/C14H18I4N2.2V/c15-10-8-6-19(7-8)11(16)14(10)12(17)20(13(14)18)9-4-2-1-3-5-9;;/h6-13H,1-5H2;;/q-2;;. The molecule has 4 atom stereocenters. The van der Waals surface area contributed by atoms with E-state index in [9.17, 15) is 0 Å². The first-order valence-electron chi connectivity index (χ1n) is 7.39. The van der Waals surface area contributed by atoms with Gasteiger partial charge in [-0.2, -0.15) is 0 Å². The summed E-state index contributed by atoms with van der Waals surface area (Å²) in [4.78, 5) is 5.33. The first-order valence-corrected chi connectivity index (χ1v) is 12.4. The van der Waals surface area contributed by atoms with Gasteiger partial charge in [0.15, 0.2) is 0 Å². The van der Waals surface area contributed by atoms with E-state index in [1.165, 1.54) is 32.1 Å². The summed E-state index contributed by atoms with van der Waals surface area (Å²) in [6.45, 7) is 4.88. The molecule has 1 aliphatic carbocycles. The van der Waals surface area contributed by atoms with Crippen LogP contribution in [0.1, 0.15) is 32.1 Å². The summed E-state index contributed by atoms with van der Waals surface area (Å²) in [5.41, 5.74) is 0.466. The molecule has 4 aliphatic heterocycles. The molecule has 5 fully saturated rings. The fourth-order valence-electron chi connectivity index (χ4n) is 4.31. The molecular formula is C14H18I4N2V2-2. The fourth-order valence-corrected chi connectivity index (χ4v) is 15.6. The molecule has 4 unspecified atom stereocenters. The second-order valence-electron chi connectivity index (χ2n) is 6.47. The first-order chi connectivity index (χ1) is 9.58. The molecule has 5 rings (SSSR count). The van der Waals surface area contributed by atoms with Crippen molar-refractivity contribution in [3.05, 3.63) is 13.1 Å². The van der Waals surface area contributed by atoms with Crippen molar-refractivity contribution < 1.29 is 37.1 Å². The molecule has 0 aromatic heterocycles. The molecule has 2 nitrogen and oxygen atoms in total. The van der Waals surface area contributed by atoms with E-state index in [4.69, 9.17) is 0 Å². The van der Waals surface area contributed by atoms with Crippen LogP contribution in [0.5, 0.6) is 0 Å². The maximum atomic E-state index is 2.85. The maximum Gasteiger partial charge on any atom is 0.0739 e. The maximum absolute atomic E-state index is 2.85. The van der Waals surface area contributed by atoms with Crippen molar-refractivity contribution in [2.75, 3.05) is 0 Å². The number of piperidine rings is 2. The molecule has 4 heterocycles. The van der Waals surface area contributed by atoms with Gasteiger partial charge in [-0.25, -0.2) is 0 Å². The van der Waals surface area contributed by atoms with Gasteiger partial charge in [-0.1, -0.05) is 110 Å². The predicted octanol–water partition coefficient (Wildman–Crippen LogP) is 4.97. The van der Waals surface area contributed by atoms with Crippen molar-refractivity contribution in [3.63, 3.8) is 0 Å². The number of likely N-dealkylation sites (tertiary alicyclic amines) is 1. The van der Waals surface area contributed by atoms with Crippen LogP contribution >= 0.6 is 90.4 Å². The molecule has 4 saturated heterocycles. The van der Waals surface area contributed by atoms with Crippen molar-refractivity contribution in [2.45, 2.75) is 54.2 Å². The number of hydrogen-bond donors (Lipinski definition) is 0. The number of nitrogens with zero attached hydrogens (tertiary/aromatic N) is 2. The minimum absolute atomic E-state index is 0. The zero-order valence-electron chi connectivity index (χ0n) is 12.0. The topological polar surface area (TPSA) is 6.48 Å². The van der Waals surface area contributed by atoms with E-state index < -0.39 is 0 Å². The average Bonchev–Trinajstić information content (AvgIpc) is 2.38. The fraction of sp³-hybridized carbons (Fsp3) is 0.857. The van der Waals surface area contributed by atoms with Crippen LogP contribution in [0.25, 0.3) is 0 Å². The summed E-state index contributed by atoms with van der Waals surface area (Å²) in [7, 11) is 0. The van der Waals surface area contributed by atoms with Gasteiger partial charge >= 0.3 is 0 Å². The molecule has 2 radical (unpaired) electrons. The Morgan fingerprint density at radius 2 is 1.36 bits per heavy atom. The van der Waals surface area contributed by atoms with Gasteiger partial charge in [-0.3, -0.25) is 10.8 Å². The van der Waals surface area contributed by atoms with Crippen LogP contribution in [-0.4, -0.2) is 31.9 Å². The quantitative estimate of drug-likeness (QED) is 0.160. The van der Waals surface area contributed by atoms with Crippen molar-refractivity contribution in [1.29, 1.82) is 0 Å². The van der Waals surface area contributed by atoms with E-state index in [0.717, 1.165) is 9.97 Å². The van der Waals surface area contributed by atoms with Gasteiger partial charge < -0.3 is 18.0 Å². The number of halogens is 4. The number of hydrogen-bond acceptors (Lipinski definition) is 2.